The van der Waals surface area contributed by atoms with Gasteiger partial charge >= 0.3 is 12.2 Å². The van der Waals surface area contributed by atoms with Crippen LogP contribution >= 0.6 is 24.0 Å². The van der Waals surface area contributed by atoms with Crippen molar-refractivity contribution in [1.29, 1.82) is 0 Å². The number of nitrogens with zero attached hydrogens (tertiary/aromatic N) is 1. The van der Waals surface area contributed by atoms with Crippen LogP contribution < -0.4 is 21.3 Å². The number of nitrogens with one attached hydrogen (secondary N) is 4. The number of anilines is 1. The Labute approximate surface area is 203 Å². The zero-order chi connectivity index (χ0) is 22.9. The lowest BCUT2D eigenvalue weighted by Crippen LogP contribution is -2.36. The van der Waals surface area contributed by atoms with Crippen molar-refractivity contribution >= 4 is 41.7 Å². The average molecular weight is 563 g/mol. The van der Waals surface area contributed by atoms with Crippen LogP contribution in [0.15, 0.2) is 53.5 Å². The van der Waals surface area contributed by atoms with Gasteiger partial charge in [-0.25, -0.2) is 9.79 Å². The number of benzene rings is 2. The summed E-state index contributed by atoms with van der Waals surface area (Å²) in [6, 6.07) is 12.1. The van der Waals surface area contributed by atoms with Crippen molar-refractivity contribution in [3.63, 3.8) is 0 Å². The summed E-state index contributed by atoms with van der Waals surface area (Å²) in [7, 11) is 0. The molecule has 4 N–H and O–H groups in total. The molecular formula is C22H29F3IN5O. The third-order valence-electron chi connectivity index (χ3n) is 4.14. The summed E-state index contributed by atoms with van der Waals surface area (Å²) in [6.07, 6.45) is -4.34. The smallest absolute Gasteiger partial charge is 0.357 e. The van der Waals surface area contributed by atoms with Crippen LogP contribution in [0.1, 0.15) is 37.5 Å². The summed E-state index contributed by atoms with van der Waals surface area (Å²) in [5.74, 6) is 0.556. The number of carbonyl (C=O) groups is 1. The van der Waals surface area contributed by atoms with E-state index in [1.54, 1.807) is 12.1 Å². The number of hydrogen-bond donors (Lipinski definition) is 4. The first kappa shape index (κ1) is 27.5. The van der Waals surface area contributed by atoms with Gasteiger partial charge in [0.05, 0.1) is 12.1 Å². The van der Waals surface area contributed by atoms with Crippen molar-refractivity contribution in [2.24, 2.45) is 4.99 Å². The molecule has 2 aromatic carbocycles. The predicted molar refractivity (Wildman–Crippen MR) is 132 cm³/mol. The van der Waals surface area contributed by atoms with Gasteiger partial charge in [0, 0.05) is 24.8 Å². The van der Waals surface area contributed by atoms with Crippen molar-refractivity contribution in [2.45, 2.75) is 46.1 Å². The number of alkyl halides is 3. The highest BCUT2D eigenvalue weighted by Crippen LogP contribution is 2.29. The highest BCUT2D eigenvalue weighted by molar-refractivity contribution is 14.0. The van der Waals surface area contributed by atoms with Crippen LogP contribution in [-0.4, -0.2) is 24.6 Å². The Morgan fingerprint density at radius 3 is 2.09 bits per heavy atom. The van der Waals surface area contributed by atoms with E-state index in [1.807, 2.05) is 32.9 Å². The minimum absolute atomic E-state index is 0. The molecule has 0 heterocycles. The molecule has 0 spiro atoms. The second kappa shape index (κ2) is 13.1. The maximum atomic E-state index is 12.7. The SMILES string of the molecule is CCNC(=NCc1ccc(NC(=O)NC(C)C)cc1)NCc1ccc(C(F)(F)F)cc1.I. The summed E-state index contributed by atoms with van der Waals surface area (Å²) in [6.45, 7) is 7.09. The fourth-order valence-electron chi connectivity index (χ4n) is 2.63. The zero-order valence-corrected chi connectivity index (χ0v) is 20.5. The van der Waals surface area contributed by atoms with Gasteiger partial charge in [-0.1, -0.05) is 24.3 Å². The van der Waals surface area contributed by atoms with Gasteiger partial charge in [-0.3, -0.25) is 0 Å². The first-order valence-electron chi connectivity index (χ1n) is 10.0. The quantitative estimate of drug-likeness (QED) is 0.215. The Kier molecular flexibility index (Phi) is 11.3. The molecule has 0 radical (unpaired) electrons. The second-order valence-electron chi connectivity index (χ2n) is 7.19. The number of carbonyl (C=O) groups excluding carboxylic acids is 1. The summed E-state index contributed by atoms with van der Waals surface area (Å²) in [5.41, 5.74) is 1.67. The van der Waals surface area contributed by atoms with Crippen LogP contribution in [0.3, 0.4) is 0 Å². The van der Waals surface area contributed by atoms with Crippen LogP contribution in [0.4, 0.5) is 23.7 Å². The molecule has 0 aliphatic carbocycles. The van der Waals surface area contributed by atoms with Gasteiger partial charge in [0.1, 0.15) is 0 Å². The molecule has 2 amide bonds. The number of rotatable bonds is 7. The van der Waals surface area contributed by atoms with Crippen molar-refractivity contribution in [3.8, 4) is 0 Å². The van der Waals surface area contributed by atoms with Crippen LogP contribution in [-0.2, 0) is 19.3 Å². The Morgan fingerprint density at radius 2 is 1.56 bits per heavy atom. The van der Waals surface area contributed by atoms with E-state index in [1.165, 1.54) is 12.1 Å². The number of hydrogen-bond acceptors (Lipinski definition) is 2. The van der Waals surface area contributed by atoms with Crippen molar-refractivity contribution in [1.82, 2.24) is 16.0 Å². The Morgan fingerprint density at radius 1 is 0.969 bits per heavy atom. The number of urea groups is 1. The Hall–Kier alpha value is -2.50. The molecule has 176 valence electrons. The largest absolute Gasteiger partial charge is 0.416 e. The monoisotopic (exact) mass is 563 g/mol. The number of halogens is 4. The molecule has 6 nitrogen and oxygen atoms in total. The van der Waals surface area contributed by atoms with Crippen molar-refractivity contribution in [2.75, 3.05) is 11.9 Å². The average Bonchev–Trinajstić information content (AvgIpc) is 2.70. The second-order valence-corrected chi connectivity index (χ2v) is 7.19. The topological polar surface area (TPSA) is 77.5 Å². The molecular weight excluding hydrogens is 534 g/mol. The zero-order valence-electron chi connectivity index (χ0n) is 18.2. The molecule has 0 aliphatic heterocycles. The minimum atomic E-state index is -4.34. The van der Waals surface area contributed by atoms with E-state index >= 15 is 0 Å². The lowest BCUT2D eigenvalue weighted by Gasteiger charge is -2.13. The maximum absolute atomic E-state index is 12.7. The van der Waals surface area contributed by atoms with E-state index < -0.39 is 11.7 Å². The molecule has 32 heavy (non-hydrogen) atoms. The number of guanidine groups is 1. The first-order chi connectivity index (χ1) is 14.7. The number of aliphatic imine (C=N–C) groups is 1. The van der Waals surface area contributed by atoms with Gasteiger partial charge in [-0.15, -0.1) is 24.0 Å². The fourth-order valence-corrected chi connectivity index (χ4v) is 2.63. The van der Waals surface area contributed by atoms with Crippen molar-refractivity contribution in [3.05, 3.63) is 65.2 Å². The third-order valence-corrected chi connectivity index (χ3v) is 4.14. The molecule has 0 saturated carbocycles. The summed E-state index contributed by atoms with van der Waals surface area (Å²) in [4.78, 5) is 16.2. The minimum Gasteiger partial charge on any atom is -0.357 e. The Balaban J connectivity index is 0.00000512. The molecule has 2 rings (SSSR count). The molecule has 10 heteroatoms. The predicted octanol–water partition coefficient (Wildman–Crippen LogP) is 5.11. The molecule has 0 aliphatic rings. The lowest BCUT2D eigenvalue weighted by atomic mass is 10.1. The van der Waals surface area contributed by atoms with E-state index in [0.717, 1.165) is 17.7 Å². The normalized spacial score (nSPS) is 11.5. The van der Waals surface area contributed by atoms with Gasteiger partial charge in [-0.05, 0) is 56.2 Å². The van der Waals surface area contributed by atoms with E-state index in [-0.39, 0.29) is 36.0 Å². The standard InChI is InChI=1S/C22H28F3N5O.HI/c1-4-26-20(27-13-16-5-9-18(10-6-16)22(23,24)25)28-14-17-7-11-19(12-8-17)30-21(31)29-15(2)3;/h5-12,15H,4,13-14H2,1-3H3,(H2,26,27,28)(H2,29,30,31);1H. The van der Waals surface area contributed by atoms with E-state index in [2.05, 4.69) is 26.3 Å². The van der Waals surface area contributed by atoms with E-state index in [4.69, 9.17) is 0 Å². The summed E-state index contributed by atoms with van der Waals surface area (Å²) in [5, 5.41) is 11.7. The van der Waals surface area contributed by atoms with Crippen LogP contribution in [0, 0.1) is 0 Å². The summed E-state index contributed by atoms with van der Waals surface area (Å²) < 4.78 is 38.0. The molecule has 0 unspecified atom stereocenters. The molecule has 0 aromatic heterocycles. The van der Waals surface area contributed by atoms with Gasteiger partial charge in [-0.2, -0.15) is 13.2 Å². The van der Waals surface area contributed by atoms with E-state index in [9.17, 15) is 18.0 Å². The van der Waals surface area contributed by atoms with Crippen LogP contribution in [0.2, 0.25) is 0 Å². The Bertz CT molecular complexity index is 869. The maximum Gasteiger partial charge on any atom is 0.416 e. The van der Waals surface area contributed by atoms with Gasteiger partial charge in [0.2, 0.25) is 0 Å². The lowest BCUT2D eigenvalue weighted by molar-refractivity contribution is -0.137. The molecule has 2 aromatic rings. The highest BCUT2D eigenvalue weighted by atomic mass is 127. The van der Waals surface area contributed by atoms with E-state index in [0.29, 0.717) is 36.8 Å². The molecule has 0 bridgehead atoms. The molecule has 0 atom stereocenters. The van der Waals surface area contributed by atoms with Crippen LogP contribution in [0.5, 0.6) is 0 Å². The third kappa shape index (κ3) is 9.75. The van der Waals surface area contributed by atoms with Crippen LogP contribution in [0.25, 0.3) is 0 Å². The molecule has 0 fully saturated rings. The number of amides is 2. The fraction of sp³-hybridized carbons (Fsp3) is 0.364. The van der Waals surface area contributed by atoms with Gasteiger partial charge in [0.15, 0.2) is 5.96 Å². The van der Waals surface area contributed by atoms with Crippen molar-refractivity contribution < 1.29 is 18.0 Å². The summed E-state index contributed by atoms with van der Waals surface area (Å²) >= 11 is 0. The van der Waals surface area contributed by atoms with Gasteiger partial charge < -0.3 is 21.3 Å². The highest BCUT2D eigenvalue weighted by Gasteiger charge is 2.29. The first-order valence-corrected chi connectivity index (χ1v) is 10.0. The van der Waals surface area contributed by atoms with Gasteiger partial charge in [0.25, 0.3) is 0 Å². The molecule has 0 saturated heterocycles.